The molecule has 0 saturated carbocycles. The molecule has 0 amide bonds. The van der Waals surface area contributed by atoms with E-state index in [1.54, 1.807) is 7.11 Å². The highest BCUT2D eigenvalue weighted by atomic mass is 32.1. The molecule has 4 nitrogen and oxygen atoms in total. The molecule has 0 spiro atoms. The molecule has 0 bridgehead atoms. The number of hydrogen-bond donors (Lipinski definition) is 1. The molecule has 1 aromatic heterocycles. The molecule has 0 aliphatic rings. The lowest BCUT2D eigenvalue weighted by Gasteiger charge is -2.16. The van der Waals surface area contributed by atoms with Gasteiger partial charge in [0, 0.05) is 25.1 Å². The quantitative estimate of drug-likeness (QED) is 0.739. The van der Waals surface area contributed by atoms with Crippen molar-refractivity contribution >= 4 is 11.5 Å². The minimum atomic E-state index is 0.427. The molecule has 0 aliphatic carbocycles. The first-order chi connectivity index (χ1) is 7.36. The van der Waals surface area contributed by atoms with Crippen LogP contribution in [-0.4, -0.2) is 29.3 Å². The number of aromatic nitrogens is 2. The van der Waals surface area contributed by atoms with Gasteiger partial charge in [0.1, 0.15) is 0 Å². The smallest absolute Gasteiger partial charge is 0.0893 e. The summed E-state index contributed by atoms with van der Waals surface area (Å²) in [6, 6.07) is 0.427. The first kappa shape index (κ1) is 12.5. The van der Waals surface area contributed by atoms with E-state index in [0.29, 0.717) is 6.04 Å². The van der Waals surface area contributed by atoms with Crippen molar-refractivity contribution in [3.63, 3.8) is 0 Å². The van der Waals surface area contributed by atoms with Gasteiger partial charge < -0.3 is 10.1 Å². The van der Waals surface area contributed by atoms with Gasteiger partial charge in [-0.05, 0) is 18.0 Å². The predicted molar refractivity (Wildman–Crippen MR) is 61.9 cm³/mol. The van der Waals surface area contributed by atoms with Crippen molar-refractivity contribution in [2.75, 3.05) is 13.7 Å². The molecule has 1 atom stereocenters. The number of ether oxygens (including phenoxy) is 1. The van der Waals surface area contributed by atoms with E-state index < -0.39 is 0 Å². The summed E-state index contributed by atoms with van der Waals surface area (Å²) >= 11 is 1.39. The molecule has 1 N–H and O–H groups in total. The van der Waals surface area contributed by atoms with Gasteiger partial charge in [-0.15, -0.1) is 5.10 Å². The Balaban J connectivity index is 2.24. The van der Waals surface area contributed by atoms with Crippen LogP contribution in [0.1, 0.15) is 31.9 Å². The van der Waals surface area contributed by atoms with Gasteiger partial charge in [0.2, 0.25) is 0 Å². The highest BCUT2D eigenvalue weighted by Crippen LogP contribution is 2.03. The Morgan fingerprint density at radius 3 is 3.07 bits per heavy atom. The van der Waals surface area contributed by atoms with Gasteiger partial charge in [-0.3, -0.25) is 0 Å². The van der Waals surface area contributed by atoms with Crippen molar-refractivity contribution < 1.29 is 4.74 Å². The molecule has 0 saturated heterocycles. The minimum absolute atomic E-state index is 0.427. The fourth-order valence-electron chi connectivity index (χ4n) is 1.41. The lowest BCUT2D eigenvalue weighted by atomic mass is 10.1. The lowest BCUT2D eigenvalue weighted by molar-refractivity contribution is 0.160. The van der Waals surface area contributed by atoms with E-state index in [2.05, 4.69) is 21.8 Å². The van der Waals surface area contributed by atoms with E-state index in [0.717, 1.165) is 25.3 Å². The third-order valence-electron chi connectivity index (χ3n) is 2.25. The van der Waals surface area contributed by atoms with Crippen LogP contribution < -0.4 is 5.32 Å². The van der Waals surface area contributed by atoms with Crippen LogP contribution >= 0.6 is 11.5 Å². The predicted octanol–water partition coefficient (Wildman–Crippen LogP) is 1.83. The van der Waals surface area contributed by atoms with E-state index in [4.69, 9.17) is 4.74 Å². The lowest BCUT2D eigenvalue weighted by Crippen LogP contribution is -2.32. The standard InChI is InChI=1S/C10H19N3OS/c1-3-4-5-9(7-14-2)11-6-10-8-15-13-12-10/h8-9,11H,3-7H2,1-2H3. The number of hydrogen-bond acceptors (Lipinski definition) is 5. The molecule has 1 rings (SSSR count). The summed E-state index contributed by atoms with van der Waals surface area (Å²) in [5.41, 5.74) is 1.01. The average Bonchev–Trinajstić information content (AvgIpc) is 2.75. The second-order valence-corrected chi connectivity index (χ2v) is 4.18. The largest absolute Gasteiger partial charge is 0.383 e. The molecule has 0 fully saturated rings. The maximum absolute atomic E-state index is 5.18. The van der Waals surface area contributed by atoms with Crippen LogP contribution in [0.4, 0.5) is 0 Å². The summed E-state index contributed by atoms with van der Waals surface area (Å²) in [7, 11) is 1.74. The average molecular weight is 229 g/mol. The molecule has 5 heteroatoms. The summed E-state index contributed by atoms with van der Waals surface area (Å²) < 4.78 is 9.00. The third kappa shape index (κ3) is 5.20. The van der Waals surface area contributed by atoms with Crippen LogP contribution in [0.3, 0.4) is 0 Å². The van der Waals surface area contributed by atoms with E-state index in [1.165, 1.54) is 24.4 Å². The first-order valence-electron chi connectivity index (χ1n) is 5.35. The summed E-state index contributed by atoms with van der Waals surface area (Å²) in [6.45, 7) is 3.75. The number of methoxy groups -OCH3 is 1. The van der Waals surface area contributed by atoms with Crippen LogP contribution in [0.15, 0.2) is 5.38 Å². The van der Waals surface area contributed by atoms with Gasteiger partial charge in [0.15, 0.2) is 0 Å². The Bertz CT molecular complexity index is 241. The Morgan fingerprint density at radius 2 is 2.47 bits per heavy atom. The Labute approximate surface area is 95.2 Å². The summed E-state index contributed by atoms with van der Waals surface area (Å²) in [6.07, 6.45) is 3.61. The van der Waals surface area contributed by atoms with Gasteiger partial charge in [-0.2, -0.15) is 0 Å². The topological polar surface area (TPSA) is 47.0 Å². The SMILES string of the molecule is CCCCC(COC)NCc1csnn1. The molecular formula is C10H19N3OS. The minimum Gasteiger partial charge on any atom is -0.383 e. The van der Waals surface area contributed by atoms with Crippen LogP contribution in [0, 0.1) is 0 Å². The molecule has 1 unspecified atom stereocenters. The number of unbranched alkanes of at least 4 members (excludes halogenated alkanes) is 1. The van der Waals surface area contributed by atoms with Crippen molar-refractivity contribution in [3.8, 4) is 0 Å². The van der Waals surface area contributed by atoms with Crippen molar-refractivity contribution in [2.24, 2.45) is 0 Å². The zero-order valence-electron chi connectivity index (χ0n) is 9.40. The highest BCUT2D eigenvalue weighted by molar-refractivity contribution is 7.03. The van der Waals surface area contributed by atoms with Crippen LogP contribution in [0.5, 0.6) is 0 Å². The van der Waals surface area contributed by atoms with E-state index >= 15 is 0 Å². The monoisotopic (exact) mass is 229 g/mol. The molecule has 15 heavy (non-hydrogen) atoms. The van der Waals surface area contributed by atoms with Gasteiger partial charge in [0.05, 0.1) is 12.3 Å². The second kappa shape index (κ2) is 7.73. The molecular weight excluding hydrogens is 210 g/mol. The molecule has 0 aromatic carbocycles. The van der Waals surface area contributed by atoms with Crippen molar-refractivity contribution in [2.45, 2.75) is 38.8 Å². The Kier molecular flexibility index (Phi) is 6.47. The number of nitrogens with one attached hydrogen (secondary N) is 1. The van der Waals surface area contributed by atoms with Gasteiger partial charge >= 0.3 is 0 Å². The normalized spacial score (nSPS) is 12.9. The molecule has 1 aromatic rings. The summed E-state index contributed by atoms with van der Waals surface area (Å²) in [5.74, 6) is 0. The van der Waals surface area contributed by atoms with Gasteiger partial charge in [0.25, 0.3) is 0 Å². The van der Waals surface area contributed by atoms with E-state index in [1.807, 2.05) is 5.38 Å². The van der Waals surface area contributed by atoms with E-state index in [-0.39, 0.29) is 0 Å². The first-order valence-corrected chi connectivity index (χ1v) is 6.18. The molecule has 0 radical (unpaired) electrons. The zero-order chi connectivity index (χ0) is 10.9. The number of rotatable bonds is 8. The van der Waals surface area contributed by atoms with Crippen molar-refractivity contribution in [1.29, 1.82) is 0 Å². The number of nitrogens with zero attached hydrogens (tertiary/aromatic N) is 2. The molecule has 1 heterocycles. The maximum Gasteiger partial charge on any atom is 0.0893 e. The Hall–Kier alpha value is -0.520. The summed E-state index contributed by atoms with van der Waals surface area (Å²) in [5, 5.41) is 9.40. The van der Waals surface area contributed by atoms with Gasteiger partial charge in [-0.1, -0.05) is 24.3 Å². The second-order valence-electron chi connectivity index (χ2n) is 3.57. The fourth-order valence-corrected chi connectivity index (χ4v) is 1.86. The van der Waals surface area contributed by atoms with Crippen LogP contribution in [0.25, 0.3) is 0 Å². The van der Waals surface area contributed by atoms with Crippen LogP contribution in [-0.2, 0) is 11.3 Å². The zero-order valence-corrected chi connectivity index (χ0v) is 10.2. The summed E-state index contributed by atoms with van der Waals surface area (Å²) in [4.78, 5) is 0. The third-order valence-corrected chi connectivity index (χ3v) is 2.80. The molecule has 86 valence electrons. The highest BCUT2D eigenvalue weighted by Gasteiger charge is 2.07. The van der Waals surface area contributed by atoms with Crippen molar-refractivity contribution in [1.82, 2.24) is 14.9 Å². The van der Waals surface area contributed by atoms with E-state index in [9.17, 15) is 0 Å². The van der Waals surface area contributed by atoms with Gasteiger partial charge in [-0.25, -0.2) is 0 Å². The fraction of sp³-hybridized carbons (Fsp3) is 0.800. The van der Waals surface area contributed by atoms with Crippen LogP contribution in [0.2, 0.25) is 0 Å². The van der Waals surface area contributed by atoms with Crippen molar-refractivity contribution in [3.05, 3.63) is 11.1 Å². The Morgan fingerprint density at radius 1 is 1.60 bits per heavy atom. The maximum atomic E-state index is 5.18. The molecule has 0 aliphatic heterocycles.